The van der Waals surface area contributed by atoms with E-state index in [2.05, 4.69) is 64.8 Å². The molecule has 3 saturated heterocycles. The Bertz CT molecular complexity index is 1750. The molecule has 3 aliphatic heterocycles. The number of amides is 1. The molecular formula is C47H66N2O6. The topological polar surface area (TPSA) is 102 Å². The Balaban J connectivity index is 0.988. The molecule has 8 aliphatic rings. The van der Waals surface area contributed by atoms with Gasteiger partial charge in [0.15, 0.2) is 5.78 Å². The largest absolute Gasteiger partial charge is 0.460 e. The molecule has 0 radical (unpaired) electrons. The highest BCUT2D eigenvalue weighted by atomic mass is 16.5. The van der Waals surface area contributed by atoms with Crippen LogP contribution in [0.2, 0.25) is 0 Å². The van der Waals surface area contributed by atoms with Crippen LogP contribution in [0.4, 0.5) is 0 Å². The Morgan fingerprint density at radius 2 is 1.56 bits per heavy atom. The van der Waals surface area contributed by atoms with Crippen LogP contribution in [-0.2, 0) is 35.3 Å². The second-order valence-corrected chi connectivity index (χ2v) is 21.1. The second kappa shape index (κ2) is 13.6. The first-order valence-electron chi connectivity index (χ1n) is 21.6. The van der Waals surface area contributed by atoms with Gasteiger partial charge in [0.1, 0.15) is 19.3 Å². The van der Waals surface area contributed by atoms with Crippen LogP contribution in [0.3, 0.4) is 0 Å². The average molecular weight is 755 g/mol. The predicted molar refractivity (Wildman–Crippen MR) is 211 cm³/mol. The van der Waals surface area contributed by atoms with Gasteiger partial charge >= 0.3 is 11.9 Å². The maximum atomic E-state index is 14.9. The summed E-state index contributed by atoms with van der Waals surface area (Å²) in [6.07, 6.45) is 12.1. The lowest BCUT2D eigenvalue weighted by Gasteiger charge is -2.70. The van der Waals surface area contributed by atoms with Crippen LogP contribution in [0, 0.1) is 62.1 Å². The smallest absolute Gasteiger partial charge is 0.325 e. The van der Waals surface area contributed by atoms with E-state index >= 15 is 0 Å². The Hall–Kier alpha value is -3.00. The number of piperidine rings is 3. The standard InChI is InChI=1S/C47H66N2O6/c1-42(2)32(40(52)48-27-38(51)55-36-28-49-23-15-31(36)16-24-49)13-17-45(5)37(42)14-18-47(7)39(45)35(50)25-33-34-26-44(4,20-19-43(34,3)21-22-46(33,47)6)41(53)54-29-30-11-9-8-10-12-30/h8-12,25,31-32,34,36-37,39H,13-24,26-29H2,1-7H3,(H,48,52)/t32-,34+,36-,37+,39-,43-,44+,45+,46-,47-/m1/s1. The van der Waals surface area contributed by atoms with Crippen LogP contribution in [0.15, 0.2) is 42.0 Å². The highest BCUT2D eigenvalue weighted by Gasteiger charge is 2.70. The normalized spacial score (nSPS) is 44.1. The highest BCUT2D eigenvalue weighted by molar-refractivity contribution is 5.96. The van der Waals surface area contributed by atoms with Gasteiger partial charge in [-0.2, -0.15) is 0 Å². The van der Waals surface area contributed by atoms with Crippen molar-refractivity contribution in [2.24, 2.45) is 62.1 Å². The maximum Gasteiger partial charge on any atom is 0.325 e. The van der Waals surface area contributed by atoms with Gasteiger partial charge in [-0.1, -0.05) is 77.4 Å². The molecule has 0 spiro atoms. The summed E-state index contributed by atoms with van der Waals surface area (Å²) in [6.45, 7) is 19.3. The first-order valence-corrected chi connectivity index (χ1v) is 21.6. The van der Waals surface area contributed by atoms with Crippen LogP contribution in [-0.4, -0.2) is 60.8 Å². The Morgan fingerprint density at radius 3 is 2.25 bits per heavy atom. The molecule has 7 fully saturated rings. The quantitative estimate of drug-likeness (QED) is 0.281. The summed E-state index contributed by atoms with van der Waals surface area (Å²) in [5.41, 5.74) is 0.722. The summed E-state index contributed by atoms with van der Waals surface area (Å²) in [5, 5.41) is 2.99. The molecule has 1 aromatic carbocycles. The van der Waals surface area contributed by atoms with Gasteiger partial charge in [0.05, 0.1) is 5.41 Å². The number of benzene rings is 1. The number of carbonyl (C=O) groups excluding carboxylic acids is 4. The van der Waals surface area contributed by atoms with Crippen molar-refractivity contribution in [3.05, 3.63) is 47.5 Å². The van der Waals surface area contributed by atoms with Crippen LogP contribution >= 0.6 is 0 Å². The number of allylic oxidation sites excluding steroid dienone is 2. The van der Waals surface area contributed by atoms with Gasteiger partial charge in [-0.3, -0.25) is 24.1 Å². The van der Waals surface area contributed by atoms with E-state index in [4.69, 9.17) is 9.47 Å². The minimum absolute atomic E-state index is 0.0446. The molecule has 8 heteroatoms. The van der Waals surface area contributed by atoms with Crippen molar-refractivity contribution >= 4 is 23.6 Å². The number of ether oxygens (including phenoxy) is 2. The number of nitrogens with one attached hydrogen (secondary N) is 1. The highest BCUT2D eigenvalue weighted by Crippen LogP contribution is 2.75. The van der Waals surface area contributed by atoms with Crippen molar-refractivity contribution in [2.45, 2.75) is 132 Å². The molecule has 1 amide bonds. The molecule has 2 bridgehead atoms. The third kappa shape index (κ3) is 6.16. The van der Waals surface area contributed by atoms with Crippen molar-refractivity contribution in [3.8, 4) is 0 Å². The lowest BCUT2D eigenvalue weighted by molar-refractivity contribution is -0.195. The van der Waals surface area contributed by atoms with Crippen LogP contribution in [0.5, 0.6) is 0 Å². The number of fused-ring (bicyclic) bond motifs is 10. The molecule has 4 saturated carbocycles. The van der Waals surface area contributed by atoms with Gasteiger partial charge in [0, 0.05) is 18.4 Å². The molecular weight excluding hydrogens is 689 g/mol. The molecule has 5 aliphatic carbocycles. The second-order valence-electron chi connectivity index (χ2n) is 21.1. The third-order valence-corrected chi connectivity index (χ3v) is 17.9. The van der Waals surface area contributed by atoms with E-state index in [0.717, 1.165) is 83.0 Å². The summed E-state index contributed by atoms with van der Waals surface area (Å²) in [6, 6.07) is 9.89. The van der Waals surface area contributed by atoms with E-state index < -0.39 is 5.41 Å². The van der Waals surface area contributed by atoms with Gasteiger partial charge in [-0.25, -0.2) is 0 Å². The number of nitrogens with zero attached hydrogens (tertiary/aromatic N) is 1. The Morgan fingerprint density at radius 1 is 0.855 bits per heavy atom. The summed E-state index contributed by atoms with van der Waals surface area (Å²) in [4.78, 5) is 58.0. The molecule has 3 heterocycles. The SMILES string of the molecule is CC1(C)[C@@H](C(=O)NCC(=O)O[C@@H]2CN3CCC2CC3)CC[C@]2(C)[C@H]3C(=O)C=C4[C@@H]5C[C@@](C)(C(=O)OCc6ccccc6)CC[C@]5(C)CC[C@@]4(C)[C@]3(C)CC[C@@H]12. The molecule has 300 valence electrons. The van der Waals surface area contributed by atoms with Gasteiger partial charge in [-0.15, -0.1) is 0 Å². The van der Waals surface area contributed by atoms with Gasteiger partial charge in [-0.05, 0) is 147 Å². The van der Waals surface area contributed by atoms with E-state index in [1.165, 1.54) is 5.57 Å². The first-order chi connectivity index (χ1) is 25.9. The predicted octanol–water partition coefficient (Wildman–Crippen LogP) is 8.08. The molecule has 0 aromatic heterocycles. The average Bonchev–Trinajstić information content (AvgIpc) is 3.15. The van der Waals surface area contributed by atoms with Crippen molar-refractivity contribution < 1.29 is 28.7 Å². The molecule has 1 aromatic rings. The zero-order chi connectivity index (χ0) is 39.2. The third-order valence-electron chi connectivity index (χ3n) is 17.9. The van der Waals surface area contributed by atoms with E-state index in [1.807, 2.05) is 30.3 Å². The number of hydrogen-bond acceptors (Lipinski definition) is 7. The zero-order valence-corrected chi connectivity index (χ0v) is 34.6. The van der Waals surface area contributed by atoms with E-state index in [-0.39, 0.29) is 93.6 Å². The molecule has 10 atom stereocenters. The van der Waals surface area contributed by atoms with Crippen LogP contribution < -0.4 is 5.32 Å². The maximum absolute atomic E-state index is 14.9. The number of carbonyl (C=O) groups is 4. The fourth-order valence-corrected chi connectivity index (χ4v) is 14.3. The summed E-state index contributed by atoms with van der Waals surface area (Å²) >= 11 is 0. The lowest BCUT2D eigenvalue weighted by Crippen LogP contribution is -2.66. The zero-order valence-electron chi connectivity index (χ0n) is 34.6. The van der Waals surface area contributed by atoms with E-state index in [1.54, 1.807) is 0 Å². The number of hydrogen-bond donors (Lipinski definition) is 1. The molecule has 55 heavy (non-hydrogen) atoms. The monoisotopic (exact) mass is 754 g/mol. The van der Waals surface area contributed by atoms with Gasteiger partial charge in [0.25, 0.3) is 0 Å². The Kier molecular flexibility index (Phi) is 9.57. The molecule has 8 nitrogen and oxygen atoms in total. The van der Waals surface area contributed by atoms with Crippen LogP contribution in [0.1, 0.15) is 125 Å². The molecule has 9 rings (SSSR count). The summed E-state index contributed by atoms with van der Waals surface area (Å²) in [7, 11) is 0. The van der Waals surface area contributed by atoms with Crippen molar-refractivity contribution in [2.75, 3.05) is 26.2 Å². The van der Waals surface area contributed by atoms with E-state index in [9.17, 15) is 19.2 Å². The van der Waals surface area contributed by atoms with Crippen molar-refractivity contribution in [1.29, 1.82) is 0 Å². The molecule has 0 unspecified atom stereocenters. The van der Waals surface area contributed by atoms with Gasteiger partial charge < -0.3 is 14.8 Å². The fraction of sp³-hybridized carbons (Fsp3) is 0.745. The van der Waals surface area contributed by atoms with Crippen molar-refractivity contribution in [3.63, 3.8) is 0 Å². The number of ketones is 1. The Labute approximate surface area is 329 Å². The minimum atomic E-state index is -0.601. The fourth-order valence-electron chi connectivity index (χ4n) is 14.3. The number of rotatable bonds is 7. The summed E-state index contributed by atoms with van der Waals surface area (Å²) < 4.78 is 11.9. The number of esters is 2. The van der Waals surface area contributed by atoms with Crippen molar-refractivity contribution in [1.82, 2.24) is 10.2 Å². The summed E-state index contributed by atoms with van der Waals surface area (Å²) in [5.74, 6) is 0.115. The molecule has 1 N–H and O–H groups in total. The van der Waals surface area contributed by atoms with Crippen LogP contribution in [0.25, 0.3) is 0 Å². The minimum Gasteiger partial charge on any atom is -0.460 e. The van der Waals surface area contributed by atoms with Gasteiger partial charge in [0.2, 0.25) is 5.91 Å². The van der Waals surface area contributed by atoms with E-state index in [0.29, 0.717) is 18.8 Å². The first kappa shape index (κ1) is 38.9. The lowest BCUT2D eigenvalue weighted by atomic mass is 9.33.